The van der Waals surface area contributed by atoms with E-state index in [9.17, 15) is 0 Å². The third kappa shape index (κ3) is 3.33. The zero-order valence-electron chi connectivity index (χ0n) is 16.0. The van der Waals surface area contributed by atoms with Crippen molar-refractivity contribution in [2.45, 2.75) is 19.8 Å². The smallest absolute Gasteiger partial charge is 0.134 e. The Kier molecular flexibility index (Phi) is 5.16. The van der Waals surface area contributed by atoms with Crippen LogP contribution in [0.3, 0.4) is 0 Å². The molecule has 27 heavy (non-hydrogen) atoms. The maximum Gasteiger partial charge on any atom is 0.134 e. The Morgan fingerprint density at radius 2 is 1.67 bits per heavy atom. The third-order valence-corrected chi connectivity index (χ3v) is 5.45. The predicted molar refractivity (Wildman–Crippen MR) is 111 cm³/mol. The molecule has 0 aliphatic heterocycles. The Morgan fingerprint density at radius 3 is 2.44 bits per heavy atom. The van der Waals surface area contributed by atoms with E-state index in [1.165, 1.54) is 22.3 Å². The highest BCUT2D eigenvalue weighted by atomic mass is 15.1. The summed E-state index contributed by atoms with van der Waals surface area (Å²) in [5, 5.41) is 3.59. The molecule has 2 aromatic carbocycles. The fourth-order valence-electron chi connectivity index (χ4n) is 4.01. The highest BCUT2D eigenvalue weighted by Crippen LogP contribution is 2.49. The van der Waals surface area contributed by atoms with Gasteiger partial charge < -0.3 is 10.2 Å². The topological polar surface area (TPSA) is 41.0 Å². The molecule has 1 heterocycles. The van der Waals surface area contributed by atoms with Crippen molar-refractivity contribution >= 4 is 5.82 Å². The van der Waals surface area contributed by atoms with Crippen LogP contribution in [0.4, 0.5) is 5.82 Å². The largest absolute Gasteiger partial charge is 0.368 e. The monoisotopic (exact) mass is 358 g/mol. The number of nitrogens with one attached hydrogen (secondary N) is 1. The first-order valence-corrected chi connectivity index (χ1v) is 9.78. The van der Waals surface area contributed by atoms with E-state index in [4.69, 9.17) is 0 Å². The molecule has 1 atom stereocenters. The molecule has 0 saturated carbocycles. The molecule has 1 unspecified atom stereocenters. The maximum absolute atomic E-state index is 4.65. The first-order chi connectivity index (χ1) is 13.3. The molecule has 0 saturated heterocycles. The molecule has 4 rings (SSSR count). The average molecular weight is 358 g/mol. The molecule has 1 N–H and O–H groups in total. The van der Waals surface area contributed by atoms with E-state index in [0.29, 0.717) is 0 Å². The lowest BCUT2D eigenvalue weighted by atomic mass is 9.90. The lowest BCUT2D eigenvalue weighted by Gasteiger charge is -2.20. The van der Waals surface area contributed by atoms with Gasteiger partial charge in [-0.05, 0) is 24.2 Å². The normalized spacial score (nSPS) is 14.9. The van der Waals surface area contributed by atoms with Gasteiger partial charge in [-0.25, -0.2) is 9.97 Å². The Labute approximate surface area is 161 Å². The van der Waals surface area contributed by atoms with E-state index in [2.05, 4.69) is 88.6 Å². The van der Waals surface area contributed by atoms with Gasteiger partial charge in [-0.1, -0.05) is 68.4 Å². The molecule has 4 heteroatoms. The van der Waals surface area contributed by atoms with E-state index in [-0.39, 0.29) is 5.92 Å². The number of fused-ring (bicyclic) bond motifs is 3. The standard InChI is InChI=1S/C23H26N4/c1-3-27(4-2)15-14-24-23-21-20(17-10-6-5-7-11-17)18-12-8-9-13-19(18)22(21)25-16-26-23/h5-13,16,20H,3-4,14-15H2,1-2H3,(H,24,25,26). The number of hydrogen-bond acceptors (Lipinski definition) is 4. The number of aromatic nitrogens is 2. The van der Waals surface area contributed by atoms with Gasteiger partial charge in [0.1, 0.15) is 12.1 Å². The molecule has 1 aliphatic carbocycles. The van der Waals surface area contributed by atoms with Crippen molar-refractivity contribution in [1.82, 2.24) is 14.9 Å². The van der Waals surface area contributed by atoms with Gasteiger partial charge in [0.15, 0.2) is 0 Å². The van der Waals surface area contributed by atoms with Crippen LogP contribution in [0.25, 0.3) is 11.3 Å². The van der Waals surface area contributed by atoms with E-state index >= 15 is 0 Å². The fraction of sp³-hybridized carbons (Fsp3) is 0.304. The number of rotatable bonds is 7. The molecule has 1 aliphatic rings. The van der Waals surface area contributed by atoms with E-state index in [1.807, 2.05) is 0 Å². The van der Waals surface area contributed by atoms with Gasteiger partial charge in [-0.3, -0.25) is 0 Å². The summed E-state index contributed by atoms with van der Waals surface area (Å²) in [7, 11) is 0. The third-order valence-electron chi connectivity index (χ3n) is 5.45. The summed E-state index contributed by atoms with van der Waals surface area (Å²) in [4.78, 5) is 11.7. The molecular weight excluding hydrogens is 332 g/mol. The van der Waals surface area contributed by atoms with Crippen LogP contribution >= 0.6 is 0 Å². The molecule has 0 radical (unpaired) electrons. The number of hydrogen-bond donors (Lipinski definition) is 1. The van der Waals surface area contributed by atoms with Gasteiger partial charge in [0.25, 0.3) is 0 Å². The van der Waals surface area contributed by atoms with Gasteiger partial charge in [0.05, 0.1) is 5.69 Å². The van der Waals surface area contributed by atoms with Crippen LogP contribution in [0.15, 0.2) is 60.9 Å². The quantitative estimate of drug-likeness (QED) is 0.532. The Hall–Kier alpha value is -2.72. The van der Waals surface area contributed by atoms with Crippen LogP contribution in [0.2, 0.25) is 0 Å². The van der Waals surface area contributed by atoms with Crippen molar-refractivity contribution in [2.75, 3.05) is 31.5 Å². The zero-order valence-corrected chi connectivity index (χ0v) is 16.0. The molecule has 1 aromatic heterocycles. The summed E-state index contributed by atoms with van der Waals surface area (Å²) in [5.74, 6) is 1.13. The SMILES string of the molecule is CCN(CC)CCNc1ncnc2c1C(c1ccccc1)c1ccccc1-2. The zero-order chi connectivity index (χ0) is 18.6. The summed E-state index contributed by atoms with van der Waals surface area (Å²) < 4.78 is 0. The van der Waals surface area contributed by atoms with E-state index in [1.54, 1.807) is 6.33 Å². The molecule has 4 nitrogen and oxygen atoms in total. The van der Waals surface area contributed by atoms with Crippen molar-refractivity contribution < 1.29 is 0 Å². The minimum Gasteiger partial charge on any atom is -0.368 e. The van der Waals surface area contributed by atoms with Gasteiger partial charge in [-0.15, -0.1) is 0 Å². The Morgan fingerprint density at radius 1 is 0.926 bits per heavy atom. The lowest BCUT2D eigenvalue weighted by molar-refractivity contribution is 0.316. The second-order valence-electron chi connectivity index (χ2n) is 6.87. The van der Waals surface area contributed by atoms with E-state index < -0.39 is 0 Å². The highest BCUT2D eigenvalue weighted by molar-refractivity contribution is 5.81. The number of benzene rings is 2. The summed E-state index contributed by atoms with van der Waals surface area (Å²) in [5.41, 5.74) is 6.07. The average Bonchev–Trinajstić information content (AvgIpc) is 3.07. The van der Waals surface area contributed by atoms with Gasteiger partial charge in [0, 0.05) is 30.1 Å². The van der Waals surface area contributed by atoms with Crippen LogP contribution in [0.5, 0.6) is 0 Å². The summed E-state index contributed by atoms with van der Waals surface area (Å²) in [6.45, 7) is 8.43. The molecule has 0 bridgehead atoms. The molecule has 138 valence electrons. The molecule has 3 aromatic rings. The maximum atomic E-state index is 4.65. The van der Waals surface area contributed by atoms with Crippen LogP contribution < -0.4 is 5.32 Å². The van der Waals surface area contributed by atoms with Crippen LogP contribution in [-0.4, -0.2) is 41.0 Å². The fourth-order valence-corrected chi connectivity index (χ4v) is 4.01. The first kappa shape index (κ1) is 17.7. The number of anilines is 1. The second-order valence-corrected chi connectivity index (χ2v) is 6.87. The van der Waals surface area contributed by atoms with Crippen molar-refractivity contribution in [3.63, 3.8) is 0 Å². The van der Waals surface area contributed by atoms with Gasteiger partial charge >= 0.3 is 0 Å². The van der Waals surface area contributed by atoms with Crippen LogP contribution in [-0.2, 0) is 0 Å². The van der Waals surface area contributed by atoms with E-state index in [0.717, 1.165) is 37.7 Å². The first-order valence-electron chi connectivity index (χ1n) is 9.78. The van der Waals surface area contributed by atoms with Crippen molar-refractivity contribution in [3.8, 4) is 11.3 Å². The molecule has 0 spiro atoms. The highest BCUT2D eigenvalue weighted by Gasteiger charge is 2.33. The second kappa shape index (κ2) is 7.89. The molecular formula is C23H26N4. The lowest BCUT2D eigenvalue weighted by Crippen LogP contribution is -2.29. The molecule has 0 amide bonds. The minimum absolute atomic E-state index is 0.176. The number of likely N-dealkylation sites (N-methyl/N-ethyl adjacent to an activating group) is 1. The van der Waals surface area contributed by atoms with Crippen molar-refractivity contribution in [3.05, 3.63) is 77.6 Å². The predicted octanol–water partition coefficient (Wildman–Crippen LogP) is 4.39. The van der Waals surface area contributed by atoms with Crippen LogP contribution in [0.1, 0.15) is 36.5 Å². The van der Waals surface area contributed by atoms with Gasteiger partial charge in [-0.2, -0.15) is 0 Å². The molecule has 0 fully saturated rings. The Balaban J connectivity index is 1.72. The van der Waals surface area contributed by atoms with Gasteiger partial charge in [0.2, 0.25) is 0 Å². The minimum atomic E-state index is 0.176. The number of nitrogens with zero attached hydrogens (tertiary/aromatic N) is 3. The summed E-state index contributed by atoms with van der Waals surface area (Å²) >= 11 is 0. The van der Waals surface area contributed by atoms with Crippen LogP contribution in [0, 0.1) is 0 Å². The Bertz CT molecular complexity index is 903. The summed E-state index contributed by atoms with van der Waals surface area (Å²) in [6.07, 6.45) is 1.68. The van der Waals surface area contributed by atoms with Crippen molar-refractivity contribution in [1.29, 1.82) is 0 Å². The summed E-state index contributed by atoms with van der Waals surface area (Å²) in [6, 6.07) is 19.3. The van der Waals surface area contributed by atoms with Crippen molar-refractivity contribution in [2.24, 2.45) is 0 Å².